The Morgan fingerprint density at radius 1 is 1.30 bits per heavy atom. The molecule has 100 valence electrons. The first-order chi connectivity index (χ1) is 9.54. The van der Waals surface area contributed by atoms with E-state index in [1.165, 1.54) is 18.2 Å². The number of hydrogen-bond donors (Lipinski definition) is 1. The molecule has 1 aromatic heterocycles. The molecule has 6 heteroatoms. The average molecular weight is 270 g/mol. The van der Waals surface area contributed by atoms with Crippen LogP contribution in [0.25, 0.3) is 6.08 Å². The summed E-state index contributed by atoms with van der Waals surface area (Å²) >= 11 is 0. The summed E-state index contributed by atoms with van der Waals surface area (Å²) in [6, 6.07) is 7.86. The maximum atomic E-state index is 12.2. The van der Waals surface area contributed by atoms with E-state index >= 15 is 0 Å². The Hall–Kier alpha value is -2.89. The standard InChI is InChI=1S/C14H10N2O4/c15-10-1-3-12-8(6-10)5-9(14(12)17)7-11-2-4-13(20-11)16(18)19/h1-4,6-7H,5,15H2. The van der Waals surface area contributed by atoms with Crippen molar-refractivity contribution in [1.29, 1.82) is 0 Å². The highest BCUT2D eigenvalue weighted by atomic mass is 16.6. The molecule has 0 fully saturated rings. The maximum absolute atomic E-state index is 12.2. The number of carbonyl (C=O) groups is 1. The van der Waals surface area contributed by atoms with Gasteiger partial charge in [0, 0.05) is 23.2 Å². The van der Waals surface area contributed by atoms with Gasteiger partial charge in [0.25, 0.3) is 0 Å². The van der Waals surface area contributed by atoms with Crippen LogP contribution in [-0.4, -0.2) is 10.7 Å². The van der Waals surface area contributed by atoms with E-state index in [1.54, 1.807) is 18.2 Å². The van der Waals surface area contributed by atoms with Gasteiger partial charge in [0.15, 0.2) is 5.78 Å². The van der Waals surface area contributed by atoms with E-state index in [4.69, 9.17) is 10.2 Å². The second-order valence-electron chi connectivity index (χ2n) is 4.53. The quantitative estimate of drug-likeness (QED) is 0.391. The number of fused-ring (bicyclic) bond motifs is 1. The summed E-state index contributed by atoms with van der Waals surface area (Å²) in [5.74, 6) is -0.149. The molecule has 1 aliphatic carbocycles. The minimum absolute atomic E-state index is 0.0981. The fraction of sp³-hybridized carbons (Fsp3) is 0.0714. The van der Waals surface area contributed by atoms with E-state index in [1.807, 2.05) is 0 Å². The Morgan fingerprint density at radius 2 is 2.10 bits per heavy atom. The molecule has 0 amide bonds. The number of furan rings is 1. The van der Waals surface area contributed by atoms with Gasteiger partial charge in [-0.3, -0.25) is 14.9 Å². The molecule has 0 radical (unpaired) electrons. The van der Waals surface area contributed by atoms with Crippen LogP contribution in [0.1, 0.15) is 21.7 Å². The normalized spacial score (nSPS) is 15.6. The molecule has 1 aromatic carbocycles. The number of nitro groups is 1. The number of carbonyl (C=O) groups excluding carboxylic acids is 1. The van der Waals surface area contributed by atoms with Crippen LogP contribution >= 0.6 is 0 Å². The van der Waals surface area contributed by atoms with Crippen LogP contribution in [0.15, 0.2) is 40.3 Å². The van der Waals surface area contributed by atoms with E-state index in [0.717, 1.165) is 5.56 Å². The highest BCUT2D eigenvalue weighted by Gasteiger charge is 2.25. The number of Topliss-reactive ketones (excluding diaryl/α,β-unsaturated/α-hetero) is 1. The second kappa shape index (κ2) is 4.34. The zero-order valence-corrected chi connectivity index (χ0v) is 10.3. The lowest BCUT2D eigenvalue weighted by Crippen LogP contribution is -1.95. The molecular weight excluding hydrogens is 260 g/mol. The fourth-order valence-electron chi connectivity index (χ4n) is 2.25. The first-order valence-corrected chi connectivity index (χ1v) is 5.92. The Kier molecular flexibility index (Phi) is 2.64. The van der Waals surface area contributed by atoms with Gasteiger partial charge in [-0.1, -0.05) is 0 Å². The maximum Gasteiger partial charge on any atom is 0.433 e. The van der Waals surface area contributed by atoms with Crippen molar-refractivity contribution in [2.75, 3.05) is 5.73 Å². The molecule has 0 atom stereocenters. The van der Waals surface area contributed by atoms with Gasteiger partial charge in [0.2, 0.25) is 0 Å². The number of nitrogens with zero attached hydrogens (tertiary/aromatic N) is 1. The molecule has 0 saturated carbocycles. The van der Waals surface area contributed by atoms with Gasteiger partial charge >= 0.3 is 5.88 Å². The molecule has 0 unspecified atom stereocenters. The number of hydrogen-bond acceptors (Lipinski definition) is 5. The van der Waals surface area contributed by atoms with E-state index in [-0.39, 0.29) is 11.7 Å². The first-order valence-electron chi connectivity index (χ1n) is 5.92. The lowest BCUT2D eigenvalue weighted by molar-refractivity contribution is -0.402. The van der Waals surface area contributed by atoms with Crippen molar-refractivity contribution in [3.63, 3.8) is 0 Å². The molecule has 2 aromatic rings. The zero-order valence-electron chi connectivity index (χ0n) is 10.3. The van der Waals surface area contributed by atoms with Crippen LogP contribution in [0, 0.1) is 10.1 Å². The molecule has 0 spiro atoms. The fourth-order valence-corrected chi connectivity index (χ4v) is 2.25. The minimum atomic E-state index is -0.617. The monoisotopic (exact) mass is 270 g/mol. The van der Waals surface area contributed by atoms with Crippen LogP contribution in [0.3, 0.4) is 0 Å². The number of benzene rings is 1. The van der Waals surface area contributed by atoms with Crippen molar-refractivity contribution in [3.8, 4) is 0 Å². The molecule has 0 saturated heterocycles. The van der Waals surface area contributed by atoms with Crippen LogP contribution < -0.4 is 5.73 Å². The number of nitrogens with two attached hydrogens (primary N) is 1. The molecule has 3 rings (SSSR count). The Labute approximate surface area is 113 Å². The van der Waals surface area contributed by atoms with Gasteiger partial charge in [-0.15, -0.1) is 0 Å². The van der Waals surface area contributed by atoms with Crippen molar-refractivity contribution in [1.82, 2.24) is 0 Å². The van der Waals surface area contributed by atoms with Crippen molar-refractivity contribution in [2.45, 2.75) is 6.42 Å². The van der Waals surface area contributed by atoms with Crippen LogP contribution in [0.4, 0.5) is 11.6 Å². The number of anilines is 1. The molecule has 0 bridgehead atoms. The number of allylic oxidation sites excluding steroid dienone is 1. The Morgan fingerprint density at radius 3 is 2.80 bits per heavy atom. The number of nitrogen functional groups attached to an aromatic ring is 1. The van der Waals surface area contributed by atoms with Gasteiger partial charge in [0.05, 0.1) is 6.07 Å². The summed E-state index contributed by atoms with van der Waals surface area (Å²) in [5.41, 5.74) is 8.31. The third-order valence-corrected chi connectivity index (χ3v) is 3.16. The van der Waals surface area contributed by atoms with Gasteiger partial charge in [-0.2, -0.15) is 0 Å². The third kappa shape index (κ3) is 1.97. The Balaban J connectivity index is 1.94. The van der Waals surface area contributed by atoms with Crippen molar-refractivity contribution in [2.24, 2.45) is 0 Å². The van der Waals surface area contributed by atoms with E-state index < -0.39 is 4.92 Å². The van der Waals surface area contributed by atoms with Gasteiger partial charge in [-0.05, 0) is 35.9 Å². The zero-order chi connectivity index (χ0) is 14.3. The van der Waals surface area contributed by atoms with Crippen LogP contribution in [0.2, 0.25) is 0 Å². The molecule has 20 heavy (non-hydrogen) atoms. The third-order valence-electron chi connectivity index (χ3n) is 3.16. The second-order valence-corrected chi connectivity index (χ2v) is 4.53. The summed E-state index contributed by atoms with van der Waals surface area (Å²) in [4.78, 5) is 22.1. The largest absolute Gasteiger partial charge is 0.433 e. The number of ketones is 1. The van der Waals surface area contributed by atoms with E-state index in [9.17, 15) is 14.9 Å². The van der Waals surface area contributed by atoms with Crippen LogP contribution in [0.5, 0.6) is 0 Å². The highest BCUT2D eigenvalue weighted by molar-refractivity contribution is 6.15. The van der Waals surface area contributed by atoms with E-state index in [0.29, 0.717) is 29.0 Å². The lowest BCUT2D eigenvalue weighted by Gasteiger charge is -1.96. The number of rotatable bonds is 2. The van der Waals surface area contributed by atoms with Gasteiger partial charge < -0.3 is 10.2 Å². The topological polar surface area (TPSA) is 99.4 Å². The van der Waals surface area contributed by atoms with Crippen molar-refractivity contribution in [3.05, 3.63) is 62.9 Å². The predicted molar refractivity (Wildman–Crippen MR) is 72.2 cm³/mol. The summed E-state index contributed by atoms with van der Waals surface area (Å²) in [6.07, 6.45) is 1.99. The first kappa shape index (κ1) is 12.2. The SMILES string of the molecule is Nc1ccc2c(c1)CC(=Cc1ccc([N+](=O)[O-])o1)C2=O. The summed E-state index contributed by atoms with van der Waals surface area (Å²) in [7, 11) is 0. The Bertz CT molecular complexity index is 758. The predicted octanol–water partition coefficient (Wildman–Crippen LogP) is 2.59. The van der Waals surface area contributed by atoms with Gasteiger partial charge in [-0.25, -0.2) is 0 Å². The highest BCUT2D eigenvalue weighted by Crippen LogP contribution is 2.30. The van der Waals surface area contributed by atoms with Gasteiger partial charge in [0.1, 0.15) is 10.7 Å². The smallest absolute Gasteiger partial charge is 0.401 e. The molecular formula is C14H10N2O4. The molecule has 1 heterocycles. The molecule has 6 nitrogen and oxygen atoms in total. The van der Waals surface area contributed by atoms with E-state index in [2.05, 4.69) is 0 Å². The molecule has 2 N–H and O–H groups in total. The average Bonchev–Trinajstić information content (AvgIpc) is 2.96. The lowest BCUT2D eigenvalue weighted by atomic mass is 10.1. The molecule has 1 aliphatic rings. The summed E-state index contributed by atoms with van der Waals surface area (Å²) < 4.78 is 5.03. The summed E-state index contributed by atoms with van der Waals surface area (Å²) in [5, 5.41) is 10.5. The summed E-state index contributed by atoms with van der Waals surface area (Å²) in [6.45, 7) is 0. The van der Waals surface area contributed by atoms with Crippen molar-refractivity contribution >= 4 is 23.4 Å². The molecule has 0 aliphatic heterocycles. The van der Waals surface area contributed by atoms with Crippen LogP contribution in [-0.2, 0) is 6.42 Å². The van der Waals surface area contributed by atoms with Crippen molar-refractivity contribution < 1.29 is 14.1 Å². The minimum Gasteiger partial charge on any atom is -0.401 e.